The average molecular weight is 201 g/mol. The molecule has 1 aliphatic rings. The fourth-order valence-electron chi connectivity index (χ4n) is 0.826. The maximum atomic E-state index is 11.0. The number of thioether (sulfide) groups is 1. The van der Waals surface area contributed by atoms with Crippen LogP contribution in [0.5, 0.6) is 0 Å². The van der Waals surface area contributed by atoms with Crippen LogP contribution in [0.25, 0.3) is 0 Å². The summed E-state index contributed by atoms with van der Waals surface area (Å²) in [6.45, 7) is 5.06. The van der Waals surface area contributed by atoms with E-state index in [-0.39, 0.29) is 5.91 Å². The number of amides is 1. The monoisotopic (exact) mass is 201 g/mol. The second-order valence-electron chi connectivity index (χ2n) is 3.64. The van der Waals surface area contributed by atoms with Crippen molar-refractivity contribution in [1.82, 2.24) is 5.32 Å². The lowest BCUT2D eigenvalue weighted by Crippen LogP contribution is -2.41. The van der Waals surface area contributed by atoms with Crippen LogP contribution in [-0.2, 0) is 4.79 Å². The highest BCUT2D eigenvalue weighted by atomic mass is 32.2. The van der Waals surface area contributed by atoms with Crippen molar-refractivity contribution in [3.63, 3.8) is 0 Å². The van der Waals surface area contributed by atoms with Crippen LogP contribution in [0.2, 0.25) is 0 Å². The van der Waals surface area contributed by atoms with Crippen molar-refractivity contribution in [2.45, 2.75) is 13.8 Å². The molecular weight excluding hydrogens is 186 g/mol. The minimum Gasteiger partial charge on any atom is -0.369 e. The summed E-state index contributed by atoms with van der Waals surface area (Å²) >= 11 is 1.68. The van der Waals surface area contributed by atoms with E-state index in [0.29, 0.717) is 6.54 Å². The molecule has 0 aliphatic carbocycles. The van der Waals surface area contributed by atoms with E-state index in [1.807, 2.05) is 13.8 Å². The first-order chi connectivity index (χ1) is 6.02. The maximum Gasteiger partial charge on any atom is 0.224 e. The fraction of sp³-hybridized carbons (Fsp3) is 0.750. The maximum absolute atomic E-state index is 11.0. The van der Waals surface area contributed by atoms with E-state index in [9.17, 15) is 4.79 Å². The first-order valence-electron chi connectivity index (χ1n) is 4.23. The molecule has 0 spiro atoms. The van der Waals surface area contributed by atoms with Crippen LogP contribution >= 0.6 is 11.8 Å². The summed E-state index contributed by atoms with van der Waals surface area (Å²) < 4.78 is 0. The summed E-state index contributed by atoms with van der Waals surface area (Å²) in [5.41, 5.74) is 4.72. The molecule has 0 bridgehead atoms. The molecule has 3 N–H and O–H groups in total. The molecular formula is C8H15N3OS. The third kappa shape index (κ3) is 2.91. The molecule has 13 heavy (non-hydrogen) atoms. The lowest BCUT2D eigenvalue weighted by Gasteiger charge is -2.20. The number of carbonyl (C=O) groups excluding carboxylic acids is 1. The van der Waals surface area contributed by atoms with Crippen molar-refractivity contribution < 1.29 is 4.79 Å². The number of nitrogens with two attached hydrogens (primary N) is 1. The van der Waals surface area contributed by atoms with Crippen molar-refractivity contribution in [2.24, 2.45) is 16.1 Å². The summed E-state index contributed by atoms with van der Waals surface area (Å²) in [5, 5.41) is 4.04. The zero-order valence-electron chi connectivity index (χ0n) is 7.96. The number of carbonyl (C=O) groups is 1. The van der Waals surface area contributed by atoms with E-state index >= 15 is 0 Å². The van der Waals surface area contributed by atoms with Crippen LogP contribution in [0.1, 0.15) is 13.8 Å². The van der Waals surface area contributed by atoms with Crippen LogP contribution in [0.4, 0.5) is 0 Å². The van der Waals surface area contributed by atoms with E-state index in [4.69, 9.17) is 5.73 Å². The Kier molecular flexibility index (Phi) is 3.19. The lowest BCUT2D eigenvalue weighted by molar-refractivity contribution is -0.125. The van der Waals surface area contributed by atoms with Gasteiger partial charge in [-0.2, -0.15) is 0 Å². The first kappa shape index (κ1) is 10.4. The van der Waals surface area contributed by atoms with Gasteiger partial charge in [0.15, 0.2) is 5.17 Å². The van der Waals surface area contributed by atoms with Crippen LogP contribution in [0, 0.1) is 5.41 Å². The molecule has 0 fully saturated rings. The molecule has 0 saturated heterocycles. The van der Waals surface area contributed by atoms with Crippen molar-refractivity contribution >= 4 is 22.8 Å². The number of hydrogen-bond donors (Lipinski definition) is 2. The third-order valence-corrected chi connectivity index (χ3v) is 2.87. The Labute approximate surface area is 82.4 Å². The number of rotatable bonds is 3. The molecule has 0 unspecified atom stereocenters. The molecule has 0 radical (unpaired) electrons. The first-order valence-corrected chi connectivity index (χ1v) is 5.22. The zero-order chi connectivity index (χ0) is 9.90. The second-order valence-corrected chi connectivity index (χ2v) is 4.72. The summed E-state index contributed by atoms with van der Waals surface area (Å²) in [5.74, 6) is 0.739. The summed E-state index contributed by atoms with van der Waals surface area (Å²) in [4.78, 5) is 15.2. The van der Waals surface area contributed by atoms with Gasteiger partial charge in [-0.25, -0.2) is 0 Å². The Morgan fingerprint density at radius 1 is 1.77 bits per heavy atom. The Bertz CT molecular complexity index is 238. The molecule has 1 rings (SSSR count). The Balaban J connectivity index is 2.36. The number of primary amides is 1. The predicted octanol–water partition coefficient (Wildman–Crippen LogP) is 0.190. The Hall–Kier alpha value is -0.710. The Morgan fingerprint density at radius 3 is 2.92 bits per heavy atom. The highest BCUT2D eigenvalue weighted by Crippen LogP contribution is 2.14. The molecule has 74 valence electrons. The molecule has 0 atom stereocenters. The van der Waals surface area contributed by atoms with Gasteiger partial charge in [0.05, 0.1) is 12.0 Å². The predicted molar refractivity (Wildman–Crippen MR) is 55.7 cm³/mol. The van der Waals surface area contributed by atoms with Gasteiger partial charge in [0, 0.05) is 12.3 Å². The van der Waals surface area contributed by atoms with Crippen LogP contribution in [-0.4, -0.2) is 29.9 Å². The lowest BCUT2D eigenvalue weighted by atomic mass is 9.93. The number of nitrogens with one attached hydrogen (secondary N) is 1. The SMILES string of the molecule is CC(C)(CNC1=NCCS1)C(N)=O. The minimum atomic E-state index is -0.508. The highest BCUT2D eigenvalue weighted by Gasteiger charge is 2.25. The van der Waals surface area contributed by atoms with Gasteiger partial charge in [-0.05, 0) is 13.8 Å². The van der Waals surface area contributed by atoms with Gasteiger partial charge >= 0.3 is 0 Å². The van der Waals surface area contributed by atoms with Crippen LogP contribution < -0.4 is 11.1 Å². The average Bonchev–Trinajstić information content (AvgIpc) is 2.52. The molecule has 0 aromatic heterocycles. The standard InChI is InChI=1S/C8H15N3OS/c1-8(2,6(9)12)5-11-7-10-3-4-13-7/h3-5H2,1-2H3,(H2,9,12)(H,10,11). The molecule has 1 aliphatic heterocycles. The van der Waals surface area contributed by atoms with Crippen LogP contribution in [0.3, 0.4) is 0 Å². The largest absolute Gasteiger partial charge is 0.369 e. The summed E-state index contributed by atoms with van der Waals surface area (Å²) in [6, 6.07) is 0. The molecule has 0 aromatic carbocycles. The molecule has 0 aromatic rings. The molecule has 4 nitrogen and oxygen atoms in total. The third-order valence-electron chi connectivity index (χ3n) is 1.93. The quantitative estimate of drug-likeness (QED) is 0.685. The zero-order valence-corrected chi connectivity index (χ0v) is 8.78. The Morgan fingerprint density at radius 2 is 2.46 bits per heavy atom. The number of amidine groups is 1. The number of aliphatic imine (C=N–C) groups is 1. The van der Waals surface area contributed by atoms with Gasteiger partial charge < -0.3 is 11.1 Å². The van der Waals surface area contributed by atoms with Gasteiger partial charge in [-0.15, -0.1) is 0 Å². The highest BCUT2D eigenvalue weighted by molar-refractivity contribution is 8.14. The van der Waals surface area contributed by atoms with Gasteiger partial charge in [0.1, 0.15) is 0 Å². The topological polar surface area (TPSA) is 67.5 Å². The molecule has 1 amide bonds. The van der Waals surface area contributed by atoms with Gasteiger partial charge in [0.25, 0.3) is 0 Å². The van der Waals surface area contributed by atoms with Gasteiger partial charge in [0.2, 0.25) is 5.91 Å². The van der Waals surface area contributed by atoms with Gasteiger partial charge in [-0.1, -0.05) is 11.8 Å². The summed E-state index contributed by atoms with van der Waals surface area (Å²) in [6.07, 6.45) is 0. The fourth-order valence-corrected chi connectivity index (χ4v) is 1.56. The number of nitrogens with zero attached hydrogens (tertiary/aromatic N) is 1. The minimum absolute atomic E-state index is 0.288. The van der Waals surface area contributed by atoms with Crippen molar-refractivity contribution in [3.05, 3.63) is 0 Å². The molecule has 5 heteroatoms. The van der Waals surface area contributed by atoms with Crippen molar-refractivity contribution in [2.75, 3.05) is 18.8 Å². The number of hydrogen-bond acceptors (Lipinski definition) is 4. The van der Waals surface area contributed by atoms with E-state index in [1.165, 1.54) is 0 Å². The van der Waals surface area contributed by atoms with Crippen molar-refractivity contribution in [1.29, 1.82) is 0 Å². The summed E-state index contributed by atoms with van der Waals surface area (Å²) in [7, 11) is 0. The van der Waals surface area contributed by atoms with Gasteiger partial charge in [-0.3, -0.25) is 9.79 Å². The van der Waals surface area contributed by atoms with E-state index in [2.05, 4.69) is 10.3 Å². The van der Waals surface area contributed by atoms with E-state index in [1.54, 1.807) is 11.8 Å². The smallest absolute Gasteiger partial charge is 0.224 e. The molecule has 1 heterocycles. The van der Waals surface area contributed by atoms with E-state index in [0.717, 1.165) is 17.5 Å². The van der Waals surface area contributed by atoms with E-state index < -0.39 is 5.41 Å². The second kappa shape index (κ2) is 4.00. The normalized spacial score (nSPS) is 16.9. The molecule has 0 saturated carbocycles. The van der Waals surface area contributed by atoms with Crippen LogP contribution in [0.15, 0.2) is 4.99 Å². The van der Waals surface area contributed by atoms with Crippen molar-refractivity contribution in [3.8, 4) is 0 Å².